The molecule has 1 N–H and O–H groups in total. The highest BCUT2D eigenvalue weighted by Crippen LogP contribution is 2.75. The number of epoxide rings is 1. The maximum Gasteiger partial charge on any atom is 0.303 e. The number of ketones is 2. The number of hydrogen-bond donors (Lipinski definition) is 1. The first-order chi connectivity index (χ1) is 13.6. The molecule has 0 radical (unpaired) electrons. The molecule has 3 saturated heterocycles. The summed E-state index contributed by atoms with van der Waals surface area (Å²) in [5.74, 6) is -1.27. The van der Waals surface area contributed by atoms with Gasteiger partial charge in [-0.3, -0.25) is 14.4 Å². The quantitative estimate of drug-likeness (QED) is 0.515. The summed E-state index contributed by atoms with van der Waals surface area (Å²) < 4.78 is 17.8. The Kier molecular flexibility index (Phi) is 3.25. The zero-order chi connectivity index (χ0) is 20.6. The Labute approximate surface area is 169 Å². The third kappa shape index (κ3) is 1.78. The van der Waals surface area contributed by atoms with Crippen molar-refractivity contribution in [2.24, 2.45) is 34.0 Å². The van der Waals surface area contributed by atoms with Crippen LogP contribution in [-0.4, -0.2) is 59.8 Å². The fourth-order valence-corrected chi connectivity index (χ4v) is 8.56. The summed E-state index contributed by atoms with van der Waals surface area (Å²) >= 11 is 0. The van der Waals surface area contributed by atoms with Crippen LogP contribution >= 0.6 is 0 Å². The van der Waals surface area contributed by atoms with Gasteiger partial charge in [0.25, 0.3) is 0 Å². The van der Waals surface area contributed by atoms with Crippen molar-refractivity contribution in [2.75, 3.05) is 13.2 Å². The second-order valence-corrected chi connectivity index (χ2v) is 10.9. The first kappa shape index (κ1) is 18.5. The van der Waals surface area contributed by atoms with Gasteiger partial charge < -0.3 is 19.3 Å². The third-order valence-corrected chi connectivity index (χ3v) is 9.64. The van der Waals surface area contributed by atoms with Crippen LogP contribution in [0.4, 0.5) is 0 Å². The zero-order valence-corrected chi connectivity index (χ0v) is 17.1. The first-order valence-corrected chi connectivity index (χ1v) is 10.8. The number of aliphatic hydroxyl groups is 1. The Morgan fingerprint density at radius 3 is 2.52 bits per heavy atom. The summed E-state index contributed by atoms with van der Waals surface area (Å²) in [5.41, 5.74) is -3.09. The molecule has 0 aromatic heterocycles. The predicted octanol–water partition coefficient (Wildman–Crippen LogP) is 1.05. The lowest BCUT2D eigenvalue weighted by molar-refractivity contribution is -0.276. The Morgan fingerprint density at radius 1 is 1.17 bits per heavy atom. The van der Waals surface area contributed by atoms with Crippen molar-refractivity contribution in [3.8, 4) is 0 Å². The third-order valence-electron chi connectivity index (χ3n) is 9.64. The number of fused-ring (bicyclic) bond motifs is 4. The van der Waals surface area contributed by atoms with Crippen LogP contribution in [0.2, 0.25) is 0 Å². The molecule has 3 aliphatic heterocycles. The standard InChI is InChI=1S/C22H28O7/c1-10(23)29-18-20-7-11(22(18)9-28-22)4-5-12(20)21-8-27-14(6-13(21)24)19(2,3)16(21)15(25)17(20)26/h11-12,14-16,18,25H,4-9H2,1-3H3/t11-,12-,14-,15+,16-,18+,20-,21-,22-/m1/s1. The van der Waals surface area contributed by atoms with Gasteiger partial charge in [0, 0.05) is 19.3 Å². The number of hydrogen-bond acceptors (Lipinski definition) is 7. The van der Waals surface area contributed by atoms with Crippen molar-refractivity contribution >= 4 is 17.5 Å². The molecule has 7 heteroatoms. The molecule has 0 aromatic carbocycles. The van der Waals surface area contributed by atoms with Crippen LogP contribution in [-0.2, 0) is 28.6 Å². The van der Waals surface area contributed by atoms with Crippen molar-refractivity contribution in [2.45, 2.75) is 70.4 Å². The van der Waals surface area contributed by atoms with Crippen molar-refractivity contribution in [3.63, 3.8) is 0 Å². The summed E-state index contributed by atoms with van der Waals surface area (Å²) in [6.45, 7) is 6.06. The number of ether oxygens (including phenoxy) is 3. The molecule has 4 bridgehead atoms. The van der Waals surface area contributed by atoms with E-state index in [1.54, 1.807) is 0 Å². The zero-order valence-electron chi connectivity index (χ0n) is 17.1. The summed E-state index contributed by atoms with van der Waals surface area (Å²) in [5, 5.41) is 11.4. The van der Waals surface area contributed by atoms with Crippen LogP contribution in [0.5, 0.6) is 0 Å². The maximum atomic E-state index is 13.9. The van der Waals surface area contributed by atoms with Crippen molar-refractivity contribution in [1.29, 1.82) is 0 Å². The highest BCUT2D eigenvalue weighted by molar-refractivity contribution is 5.98. The van der Waals surface area contributed by atoms with E-state index in [4.69, 9.17) is 14.2 Å². The summed E-state index contributed by atoms with van der Waals surface area (Å²) in [6.07, 6.45) is 0.0795. The minimum atomic E-state index is -1.26. The normalized spacial score (nSPS) is 56.1. The Hall–Kier alpha value is -1.31. The van der Waals surface area contributed by atoms with E-state index in [0.717, 1.165) is 6.42 Å². The maximum absolute atomic E-state index is 13.9. The highest BCUT2D eigenvalue weighted by atomic mass is 16.6. The lowest BCUT2D eigenvalue weighted by Gasteiger charge is -2.68. The largest absolute Gasteiger partial charge is 0.458 e. The average molecular weight is 404 g/mol. The summed E-state index contributed by atoms with van der Waals surface area (Å²) in [7, 11) is 0. The Morgan fingerprint density at radius 2 is 1.90 bits per heavy atom. The molecule has 0 aromatic rings. The monoisotopic (exact) mass is 404 g/mol. The van der Waals surface area contributed by atoms with E-state index < -0.39 is 45.9 Å². The van der Waals surface area contributed by atoms with Crippen molar-refractivity contribution in [3.05, 3.63) is 0 Å². The number of aliphatic hydroxyl groups excluding tert-OH is 1. The molecule has 7 aliphatic rings. The minimum absolute atomic E-state index is 0.103. The van der Waals surface area contributed by atoms with Crippen LogP contribution in [0.3, 0.4) is 0 Å². The fraction of sp³-hybridized carbons (Fsp3) is 0.864. The van der Waals surface area contributed by atoms with Crippen LogP contribution < -0.4 is 0 Å². The second-order valence-electron chi connectivity index (χ2n) is 10.9. The van der Waals surface area contributed by atoms with Gasteiger partial charge in [0.15, 0.2) is 5.78 Å². The molecule has 0 amide bonds. The van der Waals surface area contributed by atoms with E-state index in [2.05, 4.69) is 0 Å². The van der Waals surface area contributed by atoms with Gasteiger partial charge in [-0.1, -0.05) is 13.8 Å². The van der Waals surface area contributed by atoms with Gasteiger partial charge in [-0.05, 0) is 36.5 Å². The van der Waals surface area contributed by atoms with E-state index in [1.807, 2.05) is 13.8 Å². The molecular weight excluding hydrogens is 376 g/mol. The molecule has 0 unspecified atom stereocenters. The first-order valence-electron chi connectivity index (χ1n) is 10.8. The number of Topliss-reactive ketones (excluding diaryl/α,β-unsaturated/α-hetero) is 2. The lowest BCUT2D eigenvalue weighted by atomic mass is 9.37. The fourth-order valence-electron chi connectivity index (χ4n) is 8.56. The molecule has 3 spiro atoms. The van der Waals surface area contributed by atoms with Gasteiger partial charge in [-0.25, -0.2) is 0 Å². The molecule has 9 atom stereocenters. The summed E-state index contributed by atoms with van der Waals surface area (Å²) in [6, 6.07) is 0. The van der Waals surface area contributed by atoms with Gasteiger partial charge in [0.05, 0.1) is 30.1 Å². The second kappa shape index (κ2) is 5.11. The van der Waals surface area contributed by atoms with Crippen LogP contribution in [0, 0.1) is 34.0 Å². The Bertz CT molecular complexity index is 844. The van der Waals surface area contributed by atoms with Gasteiger partial charge >= 0.3 is 5.97 Å². The number of carbonyl (C=O) groups is 3. The Balaban J connectivity index is 1.58. The van der Waals surface area contributed by atoms with Crippen LogP contribution in [0.15, 0.2) is 0 Å². The molecule has 7 rings (SSSR count). The lowest BCUT2D eigenvalue weighted by Crippen LogP contribution is -2.77. The van der Waals surface area contributed by atoms with E-state index in [-0.39, 0.29) is 36.1 Å². The van der Waals surface area contributed by atoms with Crippen LogP contribution in [0.1, 0.15) is 46.5 Å². The van der Waals surface area contributed by atoms with Gasteiger partial charge in [-0.15, -0.1) is 0 Å². The van der Waals surface area contributed by atoms with E-state index >= 15 is 0 Å². The molecule has 4 aliphatic carbocycles. The van der Waals surface area contributed by atoms with E-state index in [1.165, 1.54) is 6.92 Å². The predicted molar refractivity (Wildman–Crippen MR) is 97.6 cm³/mol. The average Bonchev–Trinajstić information content (AvgIpc) is 3.43. The molecule has 7 nitrogen and oxygen atoms in total. The molecular formula is C22H28O7. The number of carbonyl (C=O) groups excluding carboxylic acids is 3. The molecule has 29 heavy (non-hydrogen) atoms. The van der Waals surface area contributed by atoms with Crippen LogP contribution in [0.25, 0.3) is 0 Å². The molecule has 7 fully saturated rings. The SMILES string of the molecule is CC(=O)O[C@@H]1[C@@]2(CO2)[C@@H]2CC[C@H]3[C@]45CO[C@H](CC4=O)C(C)(C)[C@H]5[C@H](O)C(=O)[C@@]31C2. The van der Waals surface area contributed by atoms with Crippen molar-refractivity contribution in [1.82, 2.24) is 0 Å². The minimum Gasteiger partial charge on any atom is -0.458 e. The van der Waals surface area contributed by atoms with Gasteiger partial charge in [0.2, 0.25) is 0 Å². The van der Waals surface area contributed by atoms with Gasteiger partial charge in [-0.2, -0.15) is 0 Å². The number of esters is 1. The van der Waals surface area contributed by atoms with E-state index in [9.17, 15) is 19.5 Å². The van der Waals surface area contributed by atoms with Gasteiger partial charge in [0.1, 0.15) is 23.6 Å². The van der Waals surface area contributed by atoms with E-state index in [0.29, 0.717) is 25.9 Å². The molecule has 3 heterocycles. The molecule has 4 saturated carbocycles. The smallest absolute Gasteiger partial charge is 0.303 e. The summed E-state index contributed by atoms with van der Waals surface area (Å²) in [4.78, 5) is 39.5. The van der Waals surface area contributed by atoms with Crippen molar-refractivity contribution < 1.29 is 33.7 Å². The molecule has 158 valence electrons. The topological polar surface area (TPSA) is 102 Å². The number of rotatable bonds is 1. The highest BCUT2D eigenvalue weighted by Gasteiger charge is 2.84.